The van der Waals surface area contributed by atoms with Crippen molar-refractivity contribution in [3.8, 4) is 6.07 Å². The second-order valence-electron chi connectivity index (χ2n) is 8.14. The number of carbonyl (C=O) groups is 1. The predicted octanol–water partition coefficient (Wildman–Crippen LogP) is 3.65. The topological polar surface area (TPSA) is 134 Å². The number of imidazole rings is 1. The number of hydrogen-bond donors (Lipinski definition) is 2. The lowest BCUT2D eigenvalue weighted by molar-refractivity contribution is 0.0503. The number of aryl methyl sites for hydroxylation is 1. The maximum atomic E-state index is 12.9. The zero-order valence-electron chi connectivity index (χ0n) is 18.2. The number of esters is 1. The Morgan fingerprint density at radius 3 is 2.82 bits per heavy atom. The molecule has 34 heavy (non-hydrogen) atoms. The molecule has 3 heterocycles. The standard InChI is InChI=1S/C25H21N5O4/c26-13-17(23-28-18-6-3-4-7-19(18)29-23)21(31)14-34-25(33)15-9-10-16-20(12-15)27-22-8-2-1-5-11-30(22)24(16)32/h3-4,6-7,9-10,12,31H,1-2,5,8,11,14H2,(H,28,29). The van der Waals surface area contributed by atoms with Crippen LogP contribution in [0, 0.1) is 11.3 Å². The number of ether oxygens (including phenoxy) is 1. The summed E-state index contributed by atoms with van der Waals surface area (Å²) in [4.78, 5) is 37.4. The van der Waals surface area contributed by atoms with Crippen molar-refractivity contribution in [2.24, 2.45) is 0 Å². The maximum Gasteiger partial charge on any atom is 0.338 e. The molecule has 0 atom stereocenters. The van der Waals surface area contributed by atoms with E-state index in [2.05, 4.69) is 15.0 Å². The fourth-order valence-corrected chi connectivity index (χ4v) is 4.16. The van der Waals surface area contributed by atoms with Gasteiger partial charge < -0.3 is 14.8 Å². The number of fused-ring (bicyclic) bond motifs is 3. The maximum absolute atomic E-state index is 12.9. The Kier molecular flexibility index (Phi) is 5.55. The Morgan fingerprint density at radius 2 is 2.00 bits per heavy atom. The summed E-state index contributed by atoms with van der Waals surface area (Å²) in [5, 5.41) is 20.4. The van der Waals surface area contributed by atoms with Crippen LogP contribution in [0.4, 0.5) is 0 Å². The van der Waals surface area contributed by atoms with Crippen LogP contribution in [-0.4, -0.2) is 37.2 Å². The van der Waals surface area contributed by atoms with E-state index >= 15 is 0 Å². The second-order valence-corrected chi connectivity index (χ2v) is 8.14. The number of para-hydroxylation sites is 2. The van der Waals surface area contributed by atoms with Crippen LogP contribution in [0.5, 0.6) is 0 Å². The van der Waals surface area contributed by atoms with Crippen molar-refractivity contribution in [1.29, 1.82) is 5.26 Å². The number of nitriles is 1. The van der Waals surface area contributed by atoms with Crippen LogP contribution in [-0.2, 0) is 17.7 Å². The Hall–Kier alpha value is -4.45. The Morgan fingerprint density at radius 1 is 1.15 bits per heavy atom. The third-order valence-corrected chi connectivity index (χ3v) is 5.92. The number of allylic oxidation sites excluding steroid dienone is 1. The lowest BCUT2D eigenvalue weighted by Crippen LogP contribution is -2.24. The molecule has 9 nitrogen and oxygen atoms in total. The average molecular weight is 455 g/mol. The van der Waals surface area contributed by atoms with Gasteiger partial charge in [0.15, 0.2) is 11.6 Å². The van der Waals surface area contributed by atoms with E-state index in [4.69, 9.17) is 4.74 Å². The zero-order valence-corrected chi connectivity index (χ0v) is 18.2. The molecule has 0 saturated heterocycles. The largest absolute Gasteiger partial charge is 0.507 e. The monoisotopic (exact) mass is 455 g/mol. The molecule has 1 aliphatic heterocycles. The van der Waals surface area contributed by atoms with Crippen molar-refractivity contribution in [1.82, 2.24) is 19.5 Å². The molecule has 170 valence electrons. The van der Waals surface area contributed by atoms with Crippen LogP contribution in [0.1, 0.15) is 41.3 Å². The molecule has 0 radical (unpaired) electrons. The normalized spacial score (nSPS) is 14.2. The van der Waals surface area contributed by atoms with Gasteiger partial charge in [0.05, 0.1) is 27.5 Å². The molecule has 0 bridgehead atoms. The van der Waals surface area contributed by atoms with Gasteiger partial charge in [-0.25, -0.2) is 14.8 Å². The van der Waals surface area contributed by atoms with Gasteiger partial charge in [0.25, 0.3) is 5.56 Å². The smallest absolute Gasteiger partial charge is 0.338 e. The third kappa shape index (κ3) is 3.90. The number of hydrogen-bond acceptors (Lipinski definition) is 7. The molecule has 4 aromatic rings. The first kappa shape index (κ1) is 21.4. The summed E-state index contributed by atoms with van der Waals surface area (Å²) in [6.07, 6.45) is 3.68. The lowest BCUT2D eigenvalue weighted by atomic mass is 10.1. The SMILES string of the molecule is N#CC(=C(O)COC(=O)c1ccc2c(=O)n3c(nc2c1)CCCCC3)c1nc2ccccc2[nH]1. The number of nitrogens with zero attached hydrogens (tertiary/aromatic N) is 4. The van der Waals surface area contributed by atoms with Crippen LogP contribution in [0.15, 0.2) is 53.0 Å². The van der Waals surface area contributed by atoms with Crippen LogP contribution < -0.4 is 5.56 Å². The summed E-state index contributed by atoms with van der Waals surface area (Å²) >= 11 is 0. The Labute approximate surface area is 194 Å². The minimum Gasteiger partial charge on any atom is -0.507 e. The summed E-state index contributed by atoms with van der Waals surface area (Å²) < 4.78 is 6.95. The van der Waals surface area contributed by atoms with Gasteiger partial charge in [-0.2, -0.15) is 5.26 Å². The van der Waals surface area contributed by atoms with E-state index in [-0.39, 0.29) is 22.5 Å². The number of H-pyrrole nitrogens is 1. The molecule has 0 amide bonds. The number of benzene rings is 2. The van der Waals surface area contributed by atoms with Crippen molar-refractivity contribution in [2.75, 3.05) is 6.61 Å². The molecule has 2 aromatic carbocycles. The molecular weight excluding hydrogens is 434 g/mol. The number of nitrogens with one attached hydrogen (secondary N) is 1. The summed E-state index contributed by atoms with van der Waals surface area (Å²) in [7, 11) is 0. The summed E-state index contributed by atoms with van der Waals surface area (Å²) in [6.45, 7) is 0.149. The van der Waals surface area contributed by atoms with Crippen molar-refractivity contribution < 1.29 is 14.6 Å². The van der Waals surface area contributed by atoms with Gasteiger partial charge >= 0.3 is 5.97 Å². The van der Waals surface area contributed by atoms with E-state index in [0.29, 0.717) is 28.5 Å². The zero-order chi connectivity index (χ0) is 23.7. The summed E-state index contributed by atoms with van der Waals surface area (Å²) in [5.74, 6) is -0.205. The fourth-order valence-electron chi connectivity index (χ4n) is 4.16. The van der Waals surface area contributed by atoms with Gasteiger partial charge in [-0.05, 0) is 43.2 Å². The molecule has 0 saturated carbocycles. The Balaban J connectivity index is 1.38. The molecular formula is C25H21N5O4. The van der Waals surface area contributed by atoms with E-state index in [9.17, 15) is 20.0 Å². The van der Waals surface area contributed by atoms with E-state index in [1.165, 1.54) is 12.1 Å². The highest BCUT2D eigenvalue weighted by Gasteiger charge is 2.18. The summed E-state index contributed by atoms with van der Waals surface area (Å²) in [6, 6.07) is 13.7. The van der Waals surface area contributed by atoms with E-state index in [0.717, 1.165) is 31.5 Å². The van der Waals surface area contributed by atoms with Gasteiger partial charge in [0, 0.05) is 13.0 Å². The number of rotatable bonds is 4. The molecule has 0 aliphatic carbocycles. The van der Waals surface area contributed by atoms with Crippen LogP contribution >= 0.6 is 0 Å². The first-order chi connectivity index (χ1) is 16.5. The van der Waals surface area contributed by atoms with Crippen LogP contribution in [0.3, 0.4) is 0 Å². The molecule has 0 unspecified atom stereocenters. The molecule has 5 rings (SSSR count). The number of carbonyl (C=O) groups excluding carboxylic acids is 1. The molecule has 9 heteroatoms. The molecule has 2 N–H and O–H groups in total. The number of aliphatic hydroxyl groups excluding tert-OH is 1. The van der Waals surface area contributed by atoms with E-state index < -0.39 is 18.3 Å². The van der Waals surface area contributed by atoms with Crippen molar-refractivity contribution in [3.05, 3.63) is 75.8 Å². The van der Waals surface area contributed by atoms with Gasteiger partial charge in [-0.1, -0.05) is 18.6 Å². The highest BCUT2D eigenvalue weighted by Crippen LogP contribution is 2.20. The highest BCUT2D eigenvalue weighted by molar-refractivity contribution is 5.94. The van der Waals surface area contributed by atoms with Crippen LogP contribution in [0.25, 0.3) is 27.5 Å². The highest BCUT2D eigenvalue weighted by atomic mass is 16.5. The molecule has 2 aromatic heterocycles. The van der Waals surface area contributed by atoms with Crippen molar-refractivity contribution >= 4 is 33.5 Å². The first-order valence-electron chi connectivity index (χ1n) is 11.0. The molecule has 1 aliphatic rings. The van der Waals surface area contributed by atoms with Gasteiger partial charge in [-0.15, -0.1) is 0 Å². The van der Waals surface area contributed by atoms with E-state index in [1.54, 1.807) is 22.8 Å². The number of aromatic nitrogens is 4. The fraction of sp³-hybridized carbons (Fsp3) is 0.240. The van der Waals surface area contributed by atoms with E-state index in [1.807, 2.05) is 18.2 Å². The van der Waals surface area contributed by atoms with Gasteiger partial charge in [0.2, 0.25) is 0 Å². The van der Waals surface area contributed by atoms with Crippen LogP contribution in [0.2, 0.25) is 0 Å². The Bertz CT molecular complexity index is 1520. The third-order valence-electron chi connectivity index (χ3n) is 5.92. The quantitative estimate of drug-likeness (QED) is 0.272. The number of aromatic amines is 1. The summed E-state index contributed by atoms with van der Waals surface area (Å²) in [5.41, 5.74) is 1.78. The van der Waals surface area contributed by atoms with Crippen molar-refractivity contribution in [3.63, 3.8) is 0 Å². The second kappa shape index (κ2) is 8.83. The molecule has 0 fully saturated rings. The van der Waals surface area contributed by atoms with Gasteiger partial charge in [-0.3, -0.25) is 9.36 Å². The number of aliphatic hydroxyl groups is 1. The molecule has 0 spiro atoms. The lowest BCUT2D eigenvalue weighted by Gasteiger charge is -2.11. The minimum atomic E-state index is -0.702. The van der Waals surface area contributed by atoms with Gasteiger partial charge in [0.1, 0.15) is 24.1 Å². The minimum absolute atomic E-state index is 0.105. The van der Waals surface area contributed by atoms with Crippen molar-refractivity contribution in [2.45, 2.75) is 32.2 Å². The first-order valence-corrected chi connectivity index (χ1v) is 11.0. The predicted molar refractivity (Wildman–Crippen MR) is 125 cm³/mol. The average Bonchev–Trinajstić information content (AvgIpc) is 3.13.